The summed E-state index contributed by atoms with van der Waals surface area (Å²) in [5, 5.41) is 5.95. The van der Waals surface area contributed by atoms with Gasteiger partial charge in [-0.15, -0.1) is 0 Å². The molecule has 1 aromatic rings. The Hall–Kier alpha value is -2.41. The molecular weight excluding hydrogens is 296 g/mol. The van der Waals surface area contributed by atoms with E-state index in [4.69, 9.17) is 5.73 Å². The van der Waals surface area contributed by atoms with E-state index in [0.29, 0.717) is 23.4 Å². The van der Waals surface area contributed by atoms with Crippen LogP contribution in [0.1, 0.15) is 22.3 Å². The van der Waals surface area contributed by atoms with Crippen molar-refractivity contribution in [1.29, 1.82) is 0 Å². The Balaban J connectivity index is 1.69. The Kier molecular flexibility index (Phi) is 4.04. The molecule has 122 valence electrons. The maximum Gasteiger partial charge on any atom is 0.249 e. The average molecular weight is 316 g/mol. The number of likely N-dealkylation sites (tertiary alicyclic amines) is 1. The van der Waals surface area contributed by atoms with Crippen molar-refractivity contribution in [2.45, 2.75) is 19.4 Å². The summed E-state index contributed by atoms with van der Waals surface area (Å²) in [6, 6.07) is 5.23. The summed E-state index contributed by atoms with van der Waals surface area (Å²) in [6.45, 7) is 3.77. The molecule has 2 heterocycles. The van der Waals surface area contributed by atoms with Crippen LogP contribution in [-0.4, -0.2) is 48.3 Å². The lowest BCUT2D eigenvalue weighted by molar-refractivity contribution is -0.130. The molecule has 3 rings (SSSR count). The van der Waals surface area contributed by atoms with Gasteiger partial charge in [-0.25, -0.2) is 0 Å². The van der Waals surface area contributed by atoms with Crippen LogP contribution < -0.4 is 16.4 Å². The zero-order chi connectivity index (χ0) is 16.6. The lowest BCUT2D eigenvalue weighted by atomic mass is 10.0. The second kappa shape index (κ2) is 6.00. The minimum absolute atomic E-state index is 0.0271. The molecule has 7 nitrogen and oxygen atoms in total. The van der Waals surface area contributed by atoms with Gasteiger partial charge in [0.2, 0.25) is 17.7 Å². The van der Waals surface area contributed by atoms with Crippen LogP contribution in [0, 0.1) is 12.8 Å². The third kappa shape index (κ3) is 2.92. The molecule has 23 heavy (non-hydrogen) atoms. The number of benzene rings is 1. The molecule has 7 heteroatoms. The molecule has 2 aliphatic heterocycles. The molecule has 2 saturated heterocycles. The van der Waals surface area contributed by atoms with Crippen molar-refractivity contribution in [3.8, 4) is 0 Å². The number of nitrogens with zero attached hydrogens (tertiary/aromatic N) is 1. The Labute approximate surface area is 134 Å². The first-order chi connectivity index (χ1) is 11.0. The maximum atomic E-state index is 12.4. The van der Waals surface area contributed by atoms with Crippen LogP contribution in [0.25, 0.3) is 0 Å². The van der Waals surface area contributed by atoms with Crippen LogP contribution in [0.15, 0.2) is 18.2 Å². The molecule has 0 bridgehead atoms. The van der Waals surface area contributed by atoms with Gasteiger partial charge in [-0.05, 0) is 24.6 Å². The maximum absolute atomic E-state index is 12.4. The standard InChI is InChI=1S/C16H20N4O3/c1-9-12(15(17)22)3-2-4-13(9)19-16(23)10-5-14(21)20(8-10)11-6-18-7-11/h2-4,10-11,18H,5-8H2,1H3,(H2,17,22)(H,19,23). The Morgan fingerprint density at radius 2 is 2.09 bits per heavy atom. The molecule has 4 N–H and O–H groups in total. The quantitative estimate of drug-likeness (QED) is 0.718. The van der Waals surface area contributed by atoms with Gasteiger partial charge in [-0.2, -0.15) is 0 Å². The molecule has 0 aliphatic carbocycles. The van der Waals surface area contributed by atoms with E-state index in [-0.39, 0.29) is 30.2 Å². The lowest BCUT2D eigenvalue weighted by Crippen LogP contribution is -2.57. The monoisotopic (exact) mass is 316 g/mol. The zero-order valence-corrected chi connectivity index (χ0v) is 13.0. The van der Waals surface area contributed by atoms with Gasteiger partial charge in [-0.1, -0.05) is 6.07 Å². The molecule has 0 aromatic heterocycles. The normalized spacial score (nSPS) is 21.2. The fourth-order valence-corrected chi connectivity index (χ4v) is 3.03. The highest BCUT2D eigenvalue weighted by Crippen LogP contribution is 2.25. The highest BCUT2D eigenvalue weighted by atomic mass is 16.2. The molecule has 3 amide bonds. The third-order valence-electron chi connectivity index (χ3n) is 4.59. The lowest BCUT2D eigenvalue weighted by Gasteiger charge is -2.35. The second-order valence-electron chi connectivity index (χ2n) is 6.09. The van der Waals surface area contributed by atoms with Crippen LogP contribution in [0.3, 0.4) is 0 Å². The van der Waals surface area contributed by atoms with Gasteiger partial charge in [0, 0.05) is 37.3 Å². The van der Waals surface area contributed by atoms with Crippen molar-refractivity contribution in [2.24, 2.45) is 11.7 Å². The summed E-state index contributed by atoms with van der Waals surface area (Å²) in [5.74, 6) is -1.06. The van der Waals surface area contributed by atoms with Crippen molar-refractivity contribution < 1.29 is 14.4 Å². The van der Waals surface area contributed by atoms with E-state index in [0.717, 1.165) is 13.1 Å². The molecule has 0 spiro atoms. The van der Waals surface area contributed by atoms with Crippen LogP contribution in [-0.2, 0) is 9.59 Å². The summed E-state index contributed by atoms with van der Waals surface area (Å²) in [4.78, 5) is 37.6. The van der Waals surface area contributed by atoms with Gasteiger partial charge in [0.25, 0.3) is 0 Å². The zero-order valence-electron chi connectivity index (χ0n) is 13.0. The molecule has 0 radical (unpaired) electrons. The number of carbonyl (C=O) groups excluding carboxylic acids is 3. The topological polar surface area (TPSA) is 105 Å². The van der Waals surface area contributed by atoms with Crippen molar-refractivity contribution in [1.82, 2.24) is 10.2 Å². The number of nitrogens with two attached hydrogens (primary N) is 1. The number of anilines is 1. The van der Waals surface area contributed by atoms with Crippen LogP contribution in [0.4, 0.5) is 5.69 Å². The van der Waals surface area contributed by atoms with Gasteiger partial charge < -0.3 is 21.3 Å². The third-order valence-corrected chi connectivity index (χ3v) is 4.59. The Morgan fingerprint density at radius 3 is 2.70 bits per heavy atom. The number of primary amides is 1. The number of rotatable bonds is 4. The van der Waals surface area contributed by atoms with Gasteiger partial charge in [0.15, 0.2) is 0 Å². The fourth-order valence-electron chi connectivity index (χ4n) is 3.03. The summed E-state index contributed by atoms with van der Waals surface area (Å²) >= 11 is 0. The molecule has 2 aliphatic rings. The second-order valence-corrected chi connectivity index (χ2v) is 6.09. The van der Waals surface area contributed by atoms with E-state index in [9.17, 15) is 14.4 Å². The first-order valence-corrected chi connectivity index (χ1v) is 7.68. The summed E-state index contributed by atoms with van der Waals surface area (Å²) in [5.41, 5.74) is 6.90. The van der Waals surface area contributed by atoms with Gasteiger partial charge in [0.05, 0.1) is 12.0 Å². The van der Waals surface area contributed by atoms with E-state index in [1.54, 1.807) is 30.0 Å². The minimum atomic E-state index is -0.529. The molecule has 1 aromatic carbocycles. The smallest absolute Gasteiger partial charge is 0.249 e. The first kappa shape index (κ1) is 15.5. The Morgan fingerprint density at radius 1 is 1.35 bits per heavy atom. The summed E-state index contributed by atoms with van der Waals surface area (Å²) in [6.07, 6.45) is 0.233. The molecule has 1 atom stereocenters. The van der Waals surface area contributed by atoms with Crippen LogP contribution >= 0.6 is 0 Å². The van der Waals surface area contributed by atoms with Gasteiger partial charge in [-0.3, -0.25) is 14.4 Å². The van der Waals surface area contributed by atoms with E-state index in [2.05, 4.69) is 10.6 Å². The van der Waals surface area contributed by atoms with Crippen LogP contribution in [0.5, 0.6) is 0 Å². The van der Waals surface area contributed by atoms with Crippen molar-refractivity contribution in [3.05, 3.63) is 29.3 Å². The SMILES string of the molecule is Cc1c(NC(=O)C2CC(=O)N(C3CNC3)C2)cccc1C(N)=O. The average Bonchev–Trinajstić information content (AvgIpc) is 2.81. The first-order valence-electron chi connectivity index (χ1n) is 7.68. The predicted molar refractivity (Wildman–Crippen MR) is 84.8 cm³/mol. The Bertz CT molecular complexity index is 669. The largest absolute Gasteiger partial charge is 0.366 e. The highest BCUT2D eigenvalue weighted by molar-refractivity contribution is 6.00. The summed E-state index contributed by atoms with van der Waals surface area (Å²) < 4.78 is 0. The molecule has 2 fully saturated rings. The number of hydrogen-bond acceptors (Lipinski definition) is 4. The van der Waals surface area contributed by atoms with Crippen molar-refractivity contribution in [3.63, 3.8) is 0 Å². The number of nitrogens with one attached hydrogen (secondary N) is 2. The minimum Gasteiger partial charge on any atom is -0.366 e. The van der Waals surface area contributed by atoms with E-state index in [1.807, 2.05) is 0 Å². The highest BCUT2D eigenvalue weighted by Gasteiger charge is 2.39. The van der Waals surface area contributed by atoms with Crippen LogP contribution in [0.2, 0.25) is 0 Å². The van der Waals surface area contributed by atoms with Crippen molar-refractivity contribution >= 4 is 23.4 Å². The van der Waals surface area contributed by atoms with Gasteiger partial charge in [0.1, 0.15) is 0 Å². The fraction of sp³-hybridized carbons (Fsp3) is 0.438. The van der Waals surface area contributed by atoms with E-state index >= 15 is 0 Å². The van der Waals surface area contributed by atoms with E-state index < -0.39 is 5.91 Å². The van der Waals surface area contributed by atoms with Crippen molar-refractivity contribution in [2.75, 3.05) is 25.0 Å². The van der Waals surface area contributed by atoms with Gasteiger partial charge >= 0.3 is 0 Å². The number of carbonyl (C=O) groups is 3. The molecular formula is C16H20N4O3. The summed E-state index contributed by atoms with van der Waals surface area (Å²) in [7, 11) is 0. The number of hydrogen-bond donors (Lipinski definition) is 3. The number of amides is 3. The molecule has 0 saturated carbocycles. The predicted octanol–water partition coefficient (Wildman–Crippen LogP) is -0.147. The molecule has 1 unspecified atom stereocenters. The van der Waals surface area contributed by atoms with E-state index in [1.165, 1.54) is 0 Å².